The monoisotopic (exact) mass is 309 g/mol. The Balaban J connectivity index is 1.99. The van der Waals surface area contributed by atoms with Gasteiger partial charge in [0.15, 0.2) is 0 Å². The number of carboxylic acids is 1. The smallest absolute Gasteiger partial charge is 0.371 e. The number of nitrogens with one attached hydrogen (secondary N) is 1. The lowest BCUT2D eigenvalue weighted by atomic mass is 10.3. The van der Waals surface area contributed by atoms with Crippen LogP contribution in [0.2, 0.25) is 5.02 Å². The van der Waals surface area contributed by atoms with Crippen molar-refractivity contribution in [2.24, 2.45) is 0 Å². The van der Waals surface area contributed by atoms with Crippen LogP contribution in [0.3, 0.4) is 0 Å². The molecule has 0 saturated heterocycles. The number of carbonyl (C=O) groups is 1. The summed E-state index contributed by atoms with van der Waals surface area (Å²) in [6.45, 7) is 4.23. The first kappa shape index (κ1) is 15.3. The highest BCUT2D eigenvalue weighted by molar-refractivity contribution is 6.32. The number of carboxylic acid groups (broad SMARTS) is 1. The molecule has 6 heteroatoms. The van der Waals surface area contributed by atoms with Crippen molar-refractivity contribution in [1.82, 2.24) is 0 Å². The second kappa shape index (κ2) is 6.54. The lowest BCUT2D eigenvalue weighted by molar-refractivity contribution is 0.0660. The normalized spacial score (nSPS) is 10.7. The molecular weight excluding hydrogens is 294 g/mol. The SMILES string of the molecule is CC(C)Oc1ccc(NCc2ccc(C(=O)O)o2)cc1Cl. The molecule has 0 saturated carbocycles. The summed E-state index contributed by atoms with van der Waals surface area (Å²) in [5.74, 6) is -0.000552. The molecule has 0 radical (unpaired) electrons. The van der Waals surface area contributed by atoms with E-state index >= 15 is 0 Å². The van der Waals surface area contributed by atoms with Gasteiger partial charge >= 0.3 is 5.97 Å². The lowest BCUT2D eigenvalue weighted by Gasteiger charge is -2.12. The first-order valence-electron chi connectivity index (χ1n) is 6.48. The van der Waals surface area contributed by atoms with Gasteiger partial charge in [0.1, 0.15) is 11.5 Å². The summed E-state index contributed by atoms with van der Waals surface area (Å²) in [6, 6.07) is 8.42. The van der Waals surface area contributed by atoms with Crippen molar-refractivity contribution >= 4 is 23.3 Å². The first-order chi connectivity index (χ1) is 9.95. The average Bonchev–Trinajstić information content (AvgIpc) is 2.88. The van der Waals surface area contributed by atoms with Crippen LogP contribution in [0.5, 0.6) is 5.75 Å². The van der Waals surface area contributed by atoms with Crippen LogP contribution in [0, 0.1) is 0 Å². The second-order valence-electron chi connectivity index (χ2n) is 4.74. The Labute approximate surface area is 127 Å². The van der Waals surface area contributed by atoms with Gasteiger partial charge in [0, 0.05) is 5.69 Å². The Kier molecular flexibility index (Phi) is 4.75. The van der Waals surface area contributed by atoms with Gasteiger partial charge in [0.25, 0.3) is 0 Å². The van der Waals surface area contributed by atoms with Gasteiger partial charge in [-0.2, -0.15) is 0 Å². The Bertz CT molecular complexity index is 636. The molecule has 1 aromatic carbocycles. The summed E-state index contributed by atoms with van der Waals surface area (Å²) in [5, 5.41) is 12.4. The Morgan fingerprint density at radius 2 is 2.14 bits per heavy atom. The minimum absolute atomic E-state index is 0.0545. The maximum absolute atomic E-state index is 10.7. The third-order valence-electron chi connectivity index (χ3n) is 2.63. The number of halogens is 1. The van der Waals surface area contributed by atoms with E-state index in [0.717, 1.165) is 5.69 Å². The summed E-state index contributed by atoms with van der Waals surface area (Å²) < 4.78 is 10.7. The van der Waals surface area contributed by atoms with Crippen molar-refractivity contribution in [3.05, 3.63) is 46.9 Å². The molecule has 5 nitrogen and oxygen atoms in total. The molecule has 1 heterocycles. The van der Waals surface area contributed by atoms with Gasteiger partial charge in [0.2, 0.25) is 5.76 Å². The molecule has 0 unspecified atom stereocenters. The summed E-state index contributed by atoms with van der Waals surface area (Å²) in [5.41, 5.74) is 0.796. The fourth-order valence-corrected chi connectivity index (χ4v) is 1.96. The topological polar surface area (TPSA) is 71.7 Å². The van der Waals surface area contributed by atoms with E-state index in [0.29, 0.717) is 23.1 Å². The van der Waals surface area contributed by atoms with E-state index in [4.69, 9.17) is 25.9 Å². The largest absolute Gasteiger partial charge is 0.489 e. The zero-order valence-corrected chi connectivity index (χ0v) is 12.5. The van der Waals surface area contributed by atoms with Crippen LogP contribution >= 0.6 is 11.6 Å². The van der Waals surface area contributed by atoms with Crippen molar-refractivity contribution < 1.29 is 19.1 Å². The van der Waals surface area contributed by atoms with Crippen molar-refractivity contribution in [2.75, 3.05) is 5.32 Å². The molecule has 0 amide bonds. The van der Waals surface area contributed by atoms with Gasteiger partial charge in [-0.3, -0.25) is 0 Å². The Morgan fingerprint density at radius 1 is 1.38 bits per heavy atom. The minimum Gasteiger partial charge on any atom is -0.489 e. The summed E-state index contributed by atoms with van der Waals surface area (Å²) in [7, 11) is 0. The maximum Gasteiger partial charge on any atom is 0.371 e. The van der Waals surface area contributed by atoms with Crippen LogP contribution in [0.15, 0.2) is 34.7 Å². The molecular formula is C15H16ClNO4. The van der Waals surface area contributed by atoms with E-state index in [-0.39, 0.29) is 11.9 Å². The molecule has 2 N–H and O–H groups in total. The highest BCUT2D eigenvalue weighted by Crippen LogP contribution is 2.28. The Morgan fingerprint density at radius 3 is 2.71 bits per heavy atom. The molecule has 0 bridgehead atoms. The van der Waals surface area contributed by atoms with Gasteiger partial charge < -0.3 is 19.6 Å². The number of hydrogen-bond donors (Lipinski definition) is 2. The van der Waals surface area contributed by atoms with E-state index in [9.17, 15) is 4.79 Å². The molecule has 112 valence electrons. The quantitative estimate of drug-likeness (QED) is 0.843. The van der Waals surface area contributed by atoms with Gasteiger partial charge in [-0.15, -0.1) is 0 Å². The lowest BCUT2D eigenvalue weighted by Crippen LogP contribution is -2.06. The molecule has 0 aliphatic rings. The number of furan rings is 1. The standard InChI is InChI=1S/C15H16ClNO4/c1-9(2)20-13-5-3-10(7-12(13)16)17-8-11-4-6-14(21-11)15(18)19/h3-7,9,17H,8H2,1-2H3,(H,18,19). The van der Waals surface area contributed by atoms with Crippen molar-refractivity contribution in [3.63, 3.8) is 0 Å². The molecule has 0 atom stereocenters. The van der Waals surface area contributed by atoms with Gasteiger partial charge in [-0.1, -0.05) is 11.6 Å². The van der Waals surface area contributed by atoms with Crippen molar-refractivity contribution in [1.29, 1.82) is 0 Å². The van der Waals surface area contributed by atoms with Gasteiger partial charge in [-0.25, -0.2) is 4.79 Å². The number of aromatic carboxylic acids is 1. The molecule has 0 aliphatic heterocycles. The van der Waals surface area contributed by atoms with Crippen LogP contribution in [-0.2, 0) is 6.54 Å². The molecule has 21 heavy (non-hydrogen) atoms. The predicted molar refractivity (Wildman–Crippen MR) is 80.2 cm³/mol. The van der Waals surface area contributed by atoms with Crippen LogP contribution in [-0.4, -0.2) is 17.2 Å². The highest BCUT2D eigenvalue weighted by atomic mass is 35.5. The molecule has 1 aromatic heterocycles. The average molecular weight is 310 g/mol. The number of benzene rings is 1. The van der Waals surface area contributed by atoms with Crippen LogP contribution in [0.1, 0.15) is 30.2 Å². The van der Waals surface area contributed by atoms with Gasteiger partial charge in [-0.05, 0) is 44.2 Å². The maximum atomic E-state index is 10.7. The predicted octanol–water partition coefficient (Wildman–Crippen LogP) is 4.03. The van der Waals surface area contributed by atoms with Crippen LogP contribution in [0.4, 0.5) is 5.69 Å². The number of hydrogen-bond acceptors (Lipinski definition) is 4. The van der Waals surface area contributed by atoms with Crippen LogP contribution < -0.4 is 10.1 Å². The first-order valence-corrected chi connectivity index (χ1v) is 6.85. The molecule has 0 aliphatic carbocycles. The van der Waals surface area contributed by atoms with E-state index in [1.165, 1.54) is 6.07 Å². The fourth-order valence-electron chi connectivity index (χ4n) is 1.74. The second-order valence-corrected chi connectivity index (χ2v) is 5.14. The van der Waals surface area contributed by atoms with E-state index in [1.54, 1.807) is 18.2 Å². The van der Waals surface area contributed by atoms with E-state index in [1.807, 2.05) is 19.9 Å². The Hall–Kier alpha value is -2.14. The van der Waals surface area contributed by atoms with Crippen molar-refractivity contribution in [3.8, 4) is 5.75 Å². The van der Waals surface area contributed by atoms with Crippen molar-refractivity contribution in [2.45, 2.75) is 26.5 Å². The summed E-state index contributed by atoms with van der Waals surface area (Å²) in [4.78, 5) is 10.7. The minimum atomic E-state index is -1.08. The van der Waals surface area contributed by atoms with Gasteiger partial charge in [0.05, 0.1) is 17.7 Å². The molecule has 0 fully saturated rings. The molecule has 2 rings (SSSR count). The number of anilines is 1. The fraction of sp³-hybridized carbons (Fsp3) is 0.267. The molecule has 2 aromatic rings. The third-order valence-corrected chi connectivity index (χ3v) is 2.93. The summed E-state index contributed by atoms with van der Waals surface area (Å²) >= 11 is 6.13. The van der Waals surface area contributed by atoms with Crippen LogP contribution in [0.25, 0.3) is 0 Å². The zero-order valence-electron chi connectivity index (χ0n) is 11.7. The zero-order chi connectivity index (χ0) is 15.4. The van der Waals surface area contributed by atoms with E-state index < -0.39 is 5.97 Å². The summed E-state index contributed by atoms with van der Waals surface area (Å²) in [6.07, 6.45) is 0.0545. The number of rotatable bonds is 6. The third kappa shape index (κ3) is 4.16. The highest BCUT2D eigenvalue weighted by Gasteiger charge is 2.09. The number of ether oxygens (including phenoxy) is 1. The van der Waals surface area contributed by atoms with E-state index in [2.05, 4.69) is 5.32 Å². The molecule has 0 spiro atoms.